The van der Waals surface area contributed by atoms with Gasteiger partial charge in [0.2, 0.25) is 0 Å². The van der Waals surface area contributed by atoms with Crippen LogP contribution >= 0.6 is 0 Å². The third-order valence-electron chi connectivity index (χ3n) is 3.42. The van der Waals surface area contributed by atoms with E-state index < -0.39 is 0 Å². The molecule has 0 saturated heterocycles. The van der Waals surface area contributed by atoms with Crippen molar-refractivity contribution in [3.63, 3.8) is 0 Å². The van der Waals surface area contributed by atoms with E-state index in [1.807, 2.05) is 45.9 Å². The molecule has 2 heteroatoms. The second-order valence-corrected chi connectivity index (χ2v) is 4.93. The van der Waals surface area contributed by atoms with Gasteiger partial charge in [-0.15, -0.1) is 0 Å². The lowest BCUT2D eigenvalue weighted by Gasteiger charge is -2.12. The zero-order chi connectivity index (χ0) is 14.3. The number of nitrogens with two attached hydrogens (primary N) is 2. The van der Waals surface area contributed by atoms with E-state index in [4.69, 9.17) is 12.8 Å². The van der Waals surface area contributed by atoms with Crippen molar-refractivity contribution < 1.29 is 1.37 Å². The third kappa shape index (κ3) is 2.06. The van der Waals surface area contributed by atoms with Gasteiger partial charge in [0.25, 0.3) is 0 Å². The van der Waals surface area contributed by atoms with Gasteiger partial charge in [-0.3, -0.25) is 0 Å². The van der Waals surface area contributed by atoms with Crippen molar-refractivity contribution in [2.45, 2.75) is 27.7 Å². The van der Waals surface area contributed by atoms with Crippen LogP contribution in [0.3, 0.4) is 0 Å². The number of hydrogen-bond donors (Lipinski definition) is 2. The predicted octanol–water partition coefficient (Wildman–Crippen LogP) is 3.75. The third-order valence-corrected chi connectivity index (χ3v) is 3.42. The van der Waals surface area contributed by atoms with E-state index in [1.54, 1.807) is 0 Å². The molecule has 0 amide bonds. The highest BCUT2D eigenvalue weighted by Gasteiger charge is 2.07. The molecule has 0 saturated carbocycles. The number of rotatable bonds is 1. The van der Waals surface area contributed by atoms with E-state index >= 15 is 0 Å². The highest BCUT2D eigenvalue weighted by Crippen LogP contribution is 2.30. The standard InChI is InChI=1S/C16H20N2/c1-9-5-13(6-10(2)15(9)17)14-7-11(3)16(18)12(4)8-14/h5-8H,17-18H2,1-4H3/i5D. The first-order valence-electron chi connectivity index (χ1n) is 6.56. The summed E-state index contributed by atoms with van der Waals surface area (Å²) in [4.78, 5) is 0. The summed E-state index contributed by atoms with van der Waals surface area (Å²) in [5.41, 5.74) is 19.4. The average Bonchev–Trinajstić information content (AvgIpc) is 2.37. The van der Waals surface area contributed by atoms with E-state index in [-0.39, 0.29) is 0 Å². The number of aryl methyl sites for hydroxylation is 3. The Morgan fingerprint density at radius 1 is 0.722 bits per heavy atom. The highest BCUT2D eigenvalue weighted by atomic mass is 14.6. The maximum Gasteiger partial charge on any atom is 0.0633 e. The Kier molecular flexibility index (Phi) is 2.71. The van der Waals surface area contributed by atoms with Gasteiger partial charge in [0.05, 0.1) is 1.37 Å². The Morgan fingerprint density at radius 2 is 1.11 bits per heavy atom. The van der Waals surface area contributed by atoms with Crippen LogP contribution in [0.15, 0.2) is 24.2 Å². The van der Waals surface area contributed by atoms with Gasteiger partial charge in [-0.05, 0) is 85.3 Å². The zero-order valence-corrected chi connectivity index (χ0v) is 11.4. The molecule has 0 fully saturated rings. The molecule has 0 spiro atoms. The molecule has 2 aromatic carbocycles. The van der Waals surface area contributed by atoms with Crippen molar-refractivity contribution in [2.75, 3.05) is 11.5 Å². The first kappa shape index (κ1) is 11.1. The molecule has 0 bridgehead atoms. The van der Waals surface area contributed by atoms with E-state index in [0.717, 1.165) is 39.1 Å². The summed E-state index contributed by atoms with van der Waals surface area (Å²) < 4.78 is 8.25. The van der Waals surface area contributed by atoms with Crippen molar-refractivity contribution in [3.8, 4) is 11.1 Å². The minimum atomic E-state index is 0.492. The molecule has 0 aliphatic carbocycles. The summed E-state index contributed by atoms with van der Waals surface area (Å²) in [6.45, 7) is 7.85. The molecule has 0 aromatic heterocycles. The van der Waals surface area contributed by atoms with Gasteiger partial charge in [0.15, 0.2) is 0 Å². The molecule has 94 valence electrons. The average molecular weight is 241 g/mol. The first-order valence-corrected chi connectivity index (χ1v) is 6.06. The van der Waals surface area contributed by atoms with Gasteiger partial charge < -0.3 is 11.5 Å². The molecule has 2 aromatic rings. The molecule has 0 atom stereocenters. The first-order chi connectivity index (χ1) is 8.82. The van der Waals surface area contributed by atoms with E-state index in [2.05, 4.69) is 0 Å². The summed E-state index contributed by atoms with van der Waals surface area (Å²) in [5.74, 6) is 0. The van der Waals surface area contributed by atoms with Gasteiger partial charge in [-0.2, -0.15) is 0 Å². The minimum Gasteiger partial charge on any atom is -0.398 e. The fourth-order valence-corrected chi connectivity index (χ4v) is 2.18. The predicted molar refractivity (Wildman–Crippen MR) is 79.7 cm³/mol. The van der Waals surface area contributed by atoms with Crippen molar-refractivity contribution >= 4 is 11.4 Å². The lowest BCUT2D eigenvalue weighted by molar-refractivity contribution is 1.36. The maximum atomic E-state index is 8.25. The molecular formula is C16H20N2. The number of benzene rings is 2. The number of anilines is 2. The molecule has 0 aliphatic rings. The molecule has 0 heterocycles. The highest BCUT2D eigenvalue weighted by molar-refractivity contribution is 5.73. The summed E-state index contributed by atoms with van der Waals surface area (Å²) in [5, 5.41) is 0. The Labute approximate surface area is 110 Å². The van der Waals surface area contributed by atoms with Crippen LogP contribution in [0.4, 0.5) is 11.4 Å². The van der Waals surface area contributed by atoms with Crippen LogP contribution in [0.25, 0.3) is 11.1 Å². The smallest absolute Gasteiger partial charge is 0.0633 e. The monoisotopic (exact) mass is 241 g/mol. The maximum absolute atomic E-state index is 8.25. The fourth-order valence-electron chi connectivity index (χ4n) is 2.18. The molecule has 0 unspecified atom stereocenters. The molecular weight excluding hydrogens is 220 g/mol. The van der Waals surface area contributed by atoms with Crippen LogP contribution in [0.2, 0.25) is 0 Å². The van der Waals surface area contributed by atoms with Crippen LogP contribution in [0, 0.1) is 27.7 Å². The van der Waals surface area contributed by atoms with Gasteiger partial charge in [0.1, 0.15) is 0 Å². The molecule has 4 N–H and O–H groups in total. The van der Waals surface area contributed by atoms with Crippen LogP contribution in [-0.2, 0) is 0 Å². The van der Waals surface area contributed by atoms with Crippen molar-refractivity contribution in [3.05, 3.63) is 46.5 Å². The topological polar surface area (TPSA) is 52.0 Å². The van der Waals surface area contributed by atoms with Crippen molar-refractivity contribution in [1.82, 2.24) is 0 Å². The van der Waals surface area contributed by atoms with Crippen molar-refractivity contribution in [2.24, 2.45) is 0 Å². The van der Waals surface area contributed by atoms with Gasteiger partial charge >= 0.3 is 0 Å². The van der Waals surface area contributed by atoms with Crippen molar-refractivity contribution in [1.29, 1.82) is 0 Å². The Morgan fingerprint density at radius 3 is 1.61 bits per heavy atom. The molecule has 18 heavy (non-hydrogen) atoms. The summed E-state index contributed by atoms with van der Waals surface area (Å²) in [6.07, 6.45) is 0. The Hall–Kier alpha value is -1.96. The van der Waals surface area contributed by atoms with Crippen LogP contribution in [-0.4, -0.2) is 0 Å². The van der Waals surface area contributed by atoms with Gasteiger partial charge in [-0.25, -0.2) is 0 Å². The normalized spacial score (nSPS) is 11.4. The number of hydrogen-bond acceptors (Lipinski definition) is 2. The molecule has 0 radical (unpaired) electrons. The summed E-state index contributed by atoms with van der Waals surface area (Å²) >= 11 is 0. The van der Waals surface area contributed by atoms with E-state index in [1.165, 1.54) is 0 Å². The minimum absolute atomic E-state index is 0.492. The summed E-state index contributed by atoms with van der Waals surface area (Å²) in [6, 6.07) is 6.54. The van der Waals surface area contributed by atoms with Crippen LogP contribution in [0.5, 0.6) is 0 Å². The summed E-state index contributed by atoms with van der Waals surface area (Å²) in [7, 11) is 0. The molecule has 2 rings (SSSR count). The molecule has 0 aliphatic heterocycles. The lowest BCUT2D eigenvalue weighted by Crippen LogP contribution is -1.97. The quantitative estimate of drug-likeness (QED) is 0.747. The lowest BCUT2D eigenvalue weighted by atomic mass is 9.95. The van der Waals surface area contributed by atoms with E-state index in [9.17, 15) is 0 Å². The zero-order valence-electron chi connectivity index (χ0n) is 12.4. The second-order valence-electron chi connectivity index (χ2n) is 4.93. The Balaban J connectivity index is 2.73. The Bertz CT molecular complexity index is 637. The van der Waals surface area contributed by atoms with Gasteiger partial charge in [-0.1, -0.05) is 0 Å². The van der Waals surface area contributed by atoms with Gasteiger partial charge in [0, 0.05) is 11.4 Å². The van der Waals surface area contributed by atoms with E-state index in [0.29, 0.717) is 11.7 Å². The van der Waals surface area contributed by atoms with Crippen LogP contribution in [0.1, 0.15) is 23.6 Å². The number of nitrogen functional groups attached to an aromatic ring is 2. The van der Waals surface area contributed by atoms with Crippen LogP contribution < -0.4 is 11.5 Å². The SMILES string of the molecule is [2H]c1c(-c2cc(C)c(N)c(C)c2)cc(C)c(N)c1C. The fraction of sp³-hybridized carbons (Fsp3) is 0.250. The molecule has 2 nitrogen and oxygen atoms in total. The second kappa shape index (κ2) is 4.37. The largest absolute Gasteiger partial charge is 0.398 e.